The number of hydrogen-bond donors (Lipinski definition) is 0. The molecule has 1 amide bonds. The summed E-state index contributed by atoms with van der Waals surface area (Å²) in [6.45, 7) is 3.48. The van der Waals surface area contributed by atoms with E-state index < -0.39 is 5.54 Å². The molecule has 0 aromatic carbocycles. The Morgan fingerprint density at radius 2 is 1.64 bits per heavy atom. The van der Waals surface area contributed by atoms with Crippen LogP contribution in [0.1, 0.15) is 13.8 Å². The number of carbonyl (C=O) groups excluding carboxylic acids is 1. The van der Waals surface area contributed by atoms with Crippen LogP contribution in [-0.4, -0.2) is 25.5 Å². The largest absolute Gasteiger partial charge is 1.00 e. The van der Waals surface area contributed by atoms with Crippen molar-refractivity contribution in [3.63, 3.8) is 0 Å². The van der Waals surface area contributed by atoms with E-state index in [0.717, 1.165) is 0 Å². The molecule has 1 radical (unpaired) electrons. The Kier molecular flexibility index (Phi) is 14.4. The van der Waals surface area contributed by atoms with Gasteiger partial charge in [0, 0.05) is 26.3 Å². The van der Waals surface area contributed by atoms with E-state index >= 15 is 0 Å². The molecule has 61 valence electrons. The van der Waals surface area contributed by atoms with E-state index in [-0.39, 0.29) is 84.5 Å². The molecule has 0 aromatic heterocycles. The topological polar surface area (TPSA) is 45.3 Å². The maximum Gasteiger partial charge on any atom is 1.00 e. The number of carbonyl (C=O) groups is 1. The average molecular weight is 400 g/mol. The van der Waals surface area contributed by atoms with Crippen LogP contribution in [0.25, 0.3) is 10.6 Å². The van der Waals surface area contributed by atoms with Crippen molar-refractivity contribution in [3.8, 4) is 0 Å². The van der Waals surface area contributed by atoms with Crippen LogP contribution in [-0.2, 0) is 25.2 Å². The van der Waals surface area contributed by atoms with Gasteiger partial charge in [0.1, 0.15) is 0 Å². The standard InChI is InChI=1S/C6H13N2O.Rb.Re/c1-6(2,8-4)5(9)7-3;;/h1-4H3,(H,7,9);;/q-1;+1;/p-1. The molecular formula is C6H12N2ORbRe-. The molecule has 0 unspecified atom stereocenters. The van der Waals surface area contributed by atoms with E-state index in [1.807, 2.05) is 0 Å². The normalized spacial score (nSPS) is 9.09. The Labute approximate surface area is 131 Å². The summed E-state index contributed by atoms with van der Waals surface area (Å²) in [5.74, 6) is -0.176. The third kappa shape index (κ3) is 7.01. The molecule has 0 aliphatic heterocycles. The van der Waals surface area contributed by atoms with E-state index in [9.17, 15) is 4.79 Å². The first-order valence-corrected chi connectivity index (χ1v) is 2.80. The van der Waals surface area contributed by atoms with Gasteiger partial charge >= 0.3 is 58.2 Å². The average Bonchev–Trinajstić information content (AvgIpc) is 1.86. The summed E-state index contributed by atoms with van der Waals surface area (Å²) in [4.78, 5) is 10.8. The minimum absolute atomic E-state index is 0. The molecule has 0 bridgehead atoms. The van der Waals surface area contributed by atoms with Crippen LogP contribution in [0.3, 0.4) is 0 Å². The fourth-order valence-electron chi connectivity index (χ4n) is 0.369. The third-order valence-corrected chi connectivity index (χ3v) is 1.29. The molecule has 0 fully saturated rings. The van der Waals surface area contributed by atoms with Gasteiger partial charge in [-0.05, 0) is 0 Å². The SMILES string of the molecule is C[N-]C(=O)C(C)(C)[N-]C.[Rb+].[Re]. The maximum absolute atomic E-state index is 10.8. The fourth-order valence-corrected chi connectivity index (χ4v) is 0.369. The number of nitrogens with zero attached hydrogens (tertiary/aromatic N) is 2. The van der Waals surface area contributed by atoms with Crippen molar-refractivity contribution in [2.45, 2.75) is 19.4 Å². The van der Waals surface area contributed by atoms with Gasteiger partial charge in [0.2, 0.25) is 0 Å². The zero-order chi connectivity index (χ0) is 7.49. The number of likely N-dealkylation sites (N-methyl/N-ethyl adjacent to an activating group) is 2. The first kappa shape index (κ1) is 18.6. The molecule has 0 atom stereocenters. The Bertz CT molecular complexity index is 119. The first-order chi connectivity index (χ1) is 4.04. The van der Waals surface area contributed by atoms with Crippen LogP contribution in [0.15, 0.2) is 0 Å². The predicted octanol–water partition coefficient (Wildman–Crippen LogP) is -1.70. The number of amides is 1. The molecule has 0 saturated heterocycles. The van der Waals surface area contributed by atoms with Gasteiger partial charge in [-0.3, -0.25) is 0 Å². The van der Waals surface area contributed by atoms with Gasteiger partial charge in [0.15, 0.2) is 0 Å². The molecule has 0 aliphatic rings. The summed E-state index contributed by atoms with van der Waals surface area (Å²) in [6.07, 6.45) is 0. The summed E-state index contributed by atoms with van der Waals surface area (Å²) in [7, 11) is 3.10. The maximum atomic E-state index is 10.8. The van der Waals surface area contributed by atoms with Gasteiger partial charge in [-0.25, -0.2) is 0 Å². The summed E-state index contributed by atoms with van der Waals surface area (Å²) >= 11 is 0. The van der Waals surface area contributed by atoms with Gasteiger partial charge in [-0.15, -0.1) is 7.05 Å². The minimum atomic E-state index is -0.630. The van der Waals surface area contributed by atoms with Crippen LogP contribution in [0, 0.1) is 0 Å². The minimum Gasteiger partial charge on any atom is -0.657 e. The second-order valence-electron chi connectivity index (χ2n) is 2.31. The van der Waals surface area contributed by atoms with Gasteiger partial charge in [-0.1, -0.05) is 19.4 Å². The van der Waals surface area contributed by atoms with E-state index in [1.54, 1.807) is 20.9 Å². The van der Waals surface area contributed by atoms with Crippen LogP contribution in [0.2, 0.25) is 0 Å². The van der Waals surface area contributed by atoms with E-state index in [1.165, 1.54) is 7.05 Å². The van der Waals surface area contributed by atoms with Crippen molar-refractivity contribution in [3.05, 3.63) is 10.6 Å². The zero-order valence-corrected chi connectivity index (χ0v) is 15.3. The molecule has 3 nitrogen and oxygen atoms in total. The monoisotopic (exact) mass is 400 g/mol. The molecular weight excluding hydrogens is 388 g/mol. The van der Waals surface area contributed by atoms with Gasteiger partial charge in [0.05, 0.1) is 0 Å². The molecule has 11 heavy (non-hydrogen) atoms. The molecule has 0 spiro atoms. The van der Waals surface area contributed by atoms with Crippen molar-refractivity contribution in [2.24, 2.45) is 0 Å². The Morgan fingerprint density at radius 3 is 1.73 bits per heavy atom. The van der Waals surface area contributed by atoms with Gasteiger partial charge < -0.3 is 15.4 Å². The Morgan fingerprint density at radius 1 is 1.27 bits per heavy atom. The predicted molar refractivity (Wildman–Crippen MR) is 37.7 cm³/mol. The quantitative estimate of drug-likeness (QED) is 0.546. The van der Waals surface area contributed by atoms with E-state index in [2.05, 4.69) is 10.6 Å². The van der Waals surface area contributed by atoms with Crippen molar-refractivity contribution >= 4 is 5.91 Å². The molecule has 0 aromatic rings. The zero-order valence-electron chi connectivity index (χ0n) is 7.68. The second-order valence-corrected chi connectivity index (χ2v) is 2.31. The van der Waals surface area contributed by atoms with Crippen LogP contribution < -0.4 is 58.2 Å². The Hall–Kier alpha value is 1.90. The molecule has 5 heteroatoms. The summed E-state index contributed by atoms with van der Waals surface area (Å²) in [6, 6.07) is 0. The van der Waals surface area contributed by atoms with Crippen LogP contribution in [0.5, 0.6) is 0 Å². The molecule has 0 rings (SSSR count). The first-order valence-electron chi connectivity index (χ1n) is 2.80. The van der Waals surface area contributed by atoms with E-state index in [4.69, 9.17) is 0 Å². The molecule has 0 aliphatic carbocycles. The molecule has 0 saturated carbocycles. The van der Waals surface area contributed by atoms with Crippen molar-refractivity contribution in [1.29, 1.82) is 0 Å². The van der Waals surface area contributed by atoms with Crippen LogP contribution >= 0.6 is 0 Å². The summed E-state index contributed by atoms with van der Waals surface area (Å²) < 4.78 is 0. The molecule has 0 heterocycles. The Balaban J connectivity index is -0.000000320. The number of hydrogen-bond acceptors (Lipinski definition) is 1. The van der Waals surface area contributed by atoms with Crippen molar-refractivity contribution < 1.29 is 83.4 Å². The van der Waals surface area contributed by atoms with Gasteiger partial charge in [0.25, 0.3) is 0 Å². The van der Waals surface area contributed by atoms with Crippen molar-refractivity contribution in [1.82, 2.24) is 0 Å². The number of rotatable bonds is 2. The summed E-state index contributed by atoms with van der Waals surface area (Å²) in [5, 5.41) is 7.35. The second kappa shape index (κ2) is 8.49. The van der Waals surface area contributed by atoms with Crippen molar-refractivity contribution in [2.75, 3.05) is 14.1 Å². The molecule has 0 N–H and O–H groups in total. The summed E-state index contributed by atoms with van der Waals surface area (Å²) in [5.41, 5.74) is -0.630. The van der Waals surface area contributed by atoms with Gasteiger partial charge in [-0.2, -0.15) is 7.05 Å². The third-order valence-electron chi connectivity index (χ3n) is 1.29. The smallest absolute Gasteiger partial charge is 0.657 e. The van der Waals surface area contributed by atoms with E-state index in [0.29, 0.717) is 0 Å². The fraction of sp³-hybridized carbons (Fsp3) is 0.833. The van der Waals surface area contributed by atoms with Crippen LogP contribution in [0.4, 0.5) is 0 Å².